The lowest BCUT2D eigenvalue weighted by atomic mass is 10.3. The molecule has 0 saturated heterocycles. The van der Waals surface area contributed by atoms with Crippen LogP contribution in [0.3, 0.4) is 0 Å². The number of nitrogens with zero attached hydrogens (tertiary/aromatic N) is 1. The van der Waals surface area contributed by atoms with Gasteiger partial charge >= 0.3 is 0 Å². The molecule has 1 amide bonds. The molecule has 1 rings (SSSR count). The second-order valence-corrected chi connectivity index (χ2v) is 4.34. The van der Waals surface area contributed by atoms with E-state index in [9.17, 15) is 4.79 Å². The van der Waals surface area contributed by atoms with Crippen LogP contribution in [0.2, 0.25) is 0 Å². The molecule has 0 fully saturated rings. The summed E-state index contributed by atoms with van der Waals surface area (Å²) < 4.78 is 10.3. The number of oxazole rings is 1. The van der Waals surface area contributed by atoms with E-state index in [0.717, 1.165) is 5.76 Å². The molecule has 6 heteroatoms. The number of ether oxygens (including phenoxy) is 1. The lowest BCUT2D eigenvalue weighted by Crippen LogP contribution is -2.41. The Morgan fingerprint density at radius 1 is 1.56 bits per heavy atom. The quantitative estimate of drug-likeness (QED) is 0.753. The number of aryl methyl sites for hydroxylation is 1. The minimum atomic E-state index is -0.0952. The van der Waals surface area contributed by atoms with Gasteiger partial charge in [0, 0.05) is 13.2 Å². The SMILES string of the molecule is COCC(C)NC(=O)CNC(C)c1ncc(C)o1. The van der Waals surface area contributed by atoms with Gasteiger partial charge in [0.25, 0.3) is 0 Å². The number of nitrogens with one attached hydrogen (secondary N) is 2. The normalized spacial score (nSPS) is 14.2. The van der Waals surface area contributed by atoms with Crippen LogP contribution in [0.4, 0.5) is 0 Å². The monoisotopic (exact) mass is 255 g/mol. The van der Waals surface area contributed by atoms with E-state index in [2.05, 4.69) is 15.6 Å². The molecule has 0 saturated carbocycles. The van der Waals surface area contributed by atoms with Crippen molar-refractivity contribution in [2.75, 3.05) is 20.3 Å². The van der Waals surface area contributed by atoms with Crippen LogP contribution in [0, 0.1) is 6.92 Å². The highest BCUT2D eigenvalue weighted by atomic mass is 16.5. The Morgan fingerprint density at radius 3 is 2.83 bits per heavy atom. The van der Waals surface area contributed by atoms with Gasteiger partial charge in [0.05, 0.1) is 25.4 Å². The Morgan fingerprint density at radius 2 is 2.28 bits per heavy atom. The van der Waals surface area contributed by atoms with Crippen molar-refractivity contribution in [3.8, 4) is 0 Å². The van der Waals surface area contributed by atoms with Crippen LogP contribution < -0.4 is 10.6 Å². The van der Waals surface area contributed by atoms with Crippen molar-refractivity contribution in [3.05, 3.63) is 17.8 Å². The Kier molecular flexibility index (Phi) is 5.80. The predicted molar refractivity (Wildman–Crippen MR) is 67.1 cm³/mol. The zero-order valence-corrected chi connectivity index (χ0v) is 11.3. The van der Waals surface area contributed by atoms with E-state index in [0.29, 0.717) is 12.5 Å². The van der Waals surface area contributed by atoms with Crippen molar-refractivity contribution in [2.24, 2.45) is 0 Å². The van der Waals surface area contributed by atoms with Gasteiger partial charge in [-0.2, -0.15) is 0 Å². The van der Waals surface area contributed by atoms with E-state index >= 15 is 0 Å². The molecule has 0 aromatic carbocycles. The molecule has 2 atom stereocenters. The summed E-state index contributed by atoms with van der Waals surface area (Å²) in [6.07, 6.45) is 1.66. The first kappa shape index (κ1) is 14.7. The fourth-order valence-electron chi connectivity index (χ4n) is 1.52. The molecule has 1 aromatic heterocycles. The molecule has 0 radical (unpaired) electrons. The topological polar surface area (TPSA) is 76.4 Å². The molecule has 1 aromatic rings. The van der Waals surface area contributed by atoms with Gasteiger partial charge in [0.1, 0.15) is 5.76 Å². The summed E-state index contributed by atoms with van der Waals surface area (Å²) >= 11 is 0. The average molecular weight is 255 g/mol. The molecule has 0 aliphatic rings. The Bertz CT molecular complexity index is 378. The van der Waals surface area contributed by atoms with Gasteiger partial charge < -0.3 is 14.5 Å². The third-order valence-corrected chi connectivity index (χ3v) is 2.40. The van der Waals surface area contributed by atoms with Gasteiger partial charge in [-0.05, 0) is 20.8 Å². The van der Waals surface area contributed by atoms with E-state index in [4.69, 9.17) is 9.15 Å². The van der Waals surface area contributed by atoms with Crippen molar-refractivity contribution in [3.63, 3.8) is 0 Å². The van der Waals surface area contributed by atoms with Crippen LogP contribution >= 0.6 is 0 Å². The molecule has 18 heavy (non-hydrogen) atoms. The first-order valence-corrected chi connectivity index (χ1v) is 5.97. The lowest BCUT2D eigenvalue weighted by Gasteiger charge is -2.14. The van der Waals surface area contributed by atoms with Crippen LogP contribution in [0.5, 0.6) is 0 Å². The summed E-state index contributed by atoms with van der Waals surface area (Å²) in [5, 5.41) is 5.87. The highest BCUT2D eigenvalue weighted by molar-refractivity contribution is 5.78. The second-order valence-electron chi connectivity index (χ2n) is 4.34. The number of methoxy groups -OCH3 is 1. The third kappa shape index (κ3) is 4.85. The summed E-state index contributed by atoms with van der Waals surface area (Å²) in [5.74, 6) is 1.27. The van der Waals surface area contributed by atoms with E-state index in [1.54, 1.807) is 13.3 Å². The standard InChI is InChI=1S/C12H21N3O3/c1-8(7-17-4)15-11(16)6-13-10(3)12-14-5-9(2)18-12/h5,8,10,13H,6-7H2,1-4H3,(H,15,16). The van der Waals surface area contributed by atoms with E-state index in [1.165, 1.54) is 0 Å². The van der Waals surface area contributed by atoms with Gasteiger partial charge in [-0.25, -0.2) is 4.98 Å². The first-order chi connectivity index (χ1) is 8.52. The van der Waals surface area contributed by atoms with Crippen molar-refractivity contribution < 1.29 is 13.9 Å². The molecule has 102 valence electrons. The van der Waals surface area contributed by atoms with Gasteiger partial charge in [-0.15, -0.1) is 0 Å². The smallest absolute Gasteiger partial charge is 0.234 e. The van der Waals surface area contributed by atoms with E-state index in [-0.39, 0.29) is 24.5 Å². The minimum absolute atomic E-state index is 0.00332. The maximum atomic E-state index is 11.6. The largest absolute Gasteiger partial charge is 0.444 e. The van der Waals surface area contributed by atoms with Gasteiger partial charge in [-0.3, -0.25) is 10.1 Å². The Hall–Kier alpha value is -1.40. The number of rotatable bonds is 7. The molecular formula is C12H21N3O3. The van der Waals surface area contributed by atoms with Crippen LogP contribution in [0.25, 0.3) is 0 Å². The lowest BCUT2D eigenvalue weighted by molar-refractivity contribution is -0.121. The molecule has 2 unspecified atom stereocenters. The van der Waals surface area contributed by atoms with Crippen LogP contribution in [0.1, 0.15) is 31.5 Å². The molecule has 6 nitrogen and oxygen atoms in total. The summed E-state index contributed by atoms with van der Waals surface area (Å²) in [6.45, 7) is 6.35. The highest BCUT2D eigenvalue weighted by Gasteiger charge is 2.13. The predicted octanol–water partition coefficient (Wildman–Crippen LogP) is 0.785. The third-order valence-electron chi connectivity index (χ3n) is 2.40. The molecule has 0 spiro atoms. The van der Waals surface area contributed by atoms with Crippen molar-refractivity contribution in [1.82, 2.24) is 15.6 Å². The zero-order valence-electron chi connectivity index (χ0n) is 11.3. The number of aromatic nitrogens is 1. The van der Waals surface area contributed by atoms with Crippen LogP contribution in [0.15, 0.2) is 10.6 Å². The molecule has 0 aliphatic heterocycles. The second kappa shape index (κ2) is 7.13. The van der Waals surface area contributed by atoms with Gasteiger partial charge in [-0.1, -0.05) is 0 Å². The van der Waals surface area contributed by atoms with Crippen molar-refractivity contribution in [2.45, 2.75) is 32.9 Å². The van der Waals surface area contributed by atoms with Crippen LogP contribution in [-0.2, 0) is 9.53 Å². The maximum Gasteiger partial charge on any atom is 0.234 e. The highest BCUT2D eigenvalue weighted by Crippen LogP contribution is 2.11. The number of hydrogen-bond acceptors (Lipinski definition) is 5. The molecule has 0 aliphatic carbocycles. The van der Waals surface area contributed by atoms with E-state index < -0.39 is 0 Å². The minimum Gasteiger partial charge on any atom is -0.444 e. The van der Waals surface area contributed by atoms with Crippen LogP contribution in [-0.4, -0.2) is 37.2 Å². The molecular weight excluding hydrogens is 234 g/mol. The summed E-state index contributed by atoms with van der Waals surface area (Å²) in [4.78, 5) is 15.7. The summed E-state index contributed by atoms with van der Waals surface area (Å²) in [5.41, 5.74) is 0. The maximum absolute atomic E-state index is 11.6. The summed E-state index contributed by atoms with van der Waals surface area (Å²) in [6, 6.07) is -0.0919. The molecule has 1 heterocycles. The summed E-state index contributed by atoms with van der Waals surface area (Å²) in [7, 11) is 1.61. The van der Waals surface area contributed by atoms with Crippen molar-refractivity contribution in [1.29, 1.82) is 0 Å². The number of carbonyl (C=O) groups excluding carboxylic acids is 1. The number of hydrogen-bond donors (Lipinski definition) is 2. The molecule has 0 bridgehead atoms. The molecule has 2 N–H and O–H groups in total. The average Bonchev–Trinajstić information content (AvgIpc) is 2.73. The fourth-order valence-corrected chi connectivity index (χ4v) is 1.52. The zero-order chi connectivity index (χ0) is 13.5. The van der Waals surface area contributed by atoms with Gasteiger partial charge in [0.2, 0.25) is 11.8 Å². The Balaban J connectivity index is 2.30. The fraction of sp³-hybridized carbons (Fsp3) is 0.667. The van der Waals surface area contributed by atoms with E-state index in [1.807, 2.05) is 20.8 Å². The number of amides is 1. The number of carbonyl (C=O) groups is 1. The van der Waals surface area contributed by atoms with Crippen molar-refractivity contribution >= 4 is 5.91 Å². The van der Waals surface area contributed by atoms with Gasteiger partial charge in [0.15, 0.2) is 0 Å². The Labute approximate surface area is 107 Å². The first-order valence-electron chi connectivity index (χ1n) is 5.97.